The van der Waals surface area contributed by atoms with Gasteiger partial charge in [0.2, 0.25) is 5.67 Å². The lowest BCUT2D eigenvalue weighted by Crippen LogP contribution is -2.35. The van der Waals surface area contributed by atoms with E-state index in [0.717, 1.165) is 7.11 Å². The number of esters is 3. The normalized spacial score (nSPS) is 39.2. The van der Waals surface area contributed by atoms with Crippen LogP contribution in [0.4, 0.5) is 4.39 Å². The van der Waals surface area contributed by atoms with Crippen LogP contribution in [0, 0.1) is 11.8 Å². The van der Waals surface area contributed by atoms with Gasteiger partial charge in [-0.1, -0.05) is 0 Å². The van der Waals surface area contributed by atoms with Crippen LogP contribution in [0.2, 0.25) is 0 Å². The Kier molecular flexibility index (Phi) is 3.24. The molecule has 7 heteroatoms. The van der Waals surface area contributed by atoms with E-state index in [0.29, 0.717) is 0 Å². The number of hydrogen-bond donors (Lipinski definition) is 0. The van der Waals surface area contributed by atoms with Crippen molar-refractivity contribution in [2.24, 2.45) is 11.8 Å². The molecule has 0 saturated heterocycles. The van der Waals surface area contributed by atoms with Gasteiger partial charge in [0, 0.05) is 20.3 Å². The summed E-state index contributed by atoms with van der Waals surface area (Å²) in [4.78, 5) is 33.4. The number of fused-ring (bicyclic) bond motifs is 1. The van der Waals surface area contributed by atoms with Gasteiger partial charge in [0.05, 0.1) is 18.9 Å². The molecule has 0 radical (unpaired) electrons. The van der Waals surface area contributed by atoms with Crippen LogP contribution in [-0.2, 0) is 28.6 Å². The predicted molar refractivity (Wildman–Crippen MR) is 58.6 cm³/mol. The molecule has 0 amide bonds. The lowest BCUT2D eigenvalue weighted by molar-refractivity contribution is -0.160. The molecular weight excluding hydrogens is 259 g/mol. The van der Waals surface area contributed by atoms with Crippen LogP contribution >= 0.6 is 0 Å². The number of halogens is 1. The maximum absolute atomic E-state index is 14.5. The molecule has 19 heavy (non-hydrogen) atoms. The second-order valence-electron chi connectivity index (χ2n) is 4.84. The third kappa shape index (κ3) is 2.06. The summed E-state index contributed by atoms with van der Waals surface area (Å²) < 4.78 is 29.0. The van der Waals surface area contributed by atoms with E-state index in [1.54, 1.807) is 0 Å². The standard InChI is InChI=1S/C12H15FO6/c1-5(14)18-7-4-8(19-6(2)15)10-9(7)12(10,13)11(16)17-3/h7-10H,4H2,1-3H3/t7-,8+,9+,10-,12?. The van der Waals surface area contributed by atoms with Gasteiger partial charge >= 0.3 is 17.9 Å². The van der Waals surface area contributed by atoms with Gasteiger partial charge in [-0.2, -0.15) is 0 Å². The van der Waals surface area contributed by atoms with Crippen molar-refractivity contribution in [3.05, 3.63) is 0 Å². The highest BCUT2D eigenvalue weighted by molar-refractivity contribution is 5.85. The zero-order valence-electron chi connectivity index (χ0n) is 10.8. The summed E-state index contributed by atoms with van der Waals surface area (Å²) in [5.74, 6) is -3.74. The van der Waals surface area contributed by atoms with Gasteiger partial charge < -0.3 is 14.2 Å². The minimum absolute atomic E-state index is 0.206. The van der Waals surface area contributed by atoms with E-state index in [2.05, 4.69) is 4.74 Å². The molecule has 0 N–H and O–H groups in total. The molecule has 0 aromatic rings. The van der Waals surface area contributed by atoms with Crippen molar-refractivity contribution < 1.29 is 33.0 Å². The molecule has 2 aliphatic carbocycles. The van der Waals surface area contributed by atoms with Crippen LogP contribution in [0.25, 0.3) is 0 Å². The summed E-state index contributed by atoms with van der Waals surface area (Å²) in [6.07, 6.45) is -1.33. The van der Waals surface area contributed by atoms with Gasteiger partial charge in [-0.3, -0.25) is 9.59 Å². The average molecular weight is 274 g/mol. The van der Waals surface area contributed by atoms with Crippen molar-refractivity contribution in [3.63, 3.8) is 0 Å². The molecule has 2 rings (SSSR count). The lowest BCUT2D eigenvalue weighted by atomic mass is 10.1. The third-order valence-corrected chi connectivity index (χ3v) is 3.65. The van der Waals surface area contributed by atoms with Crippen LogP contribution < -0.4 is 0 Å². The second kappa shape index (κ2) is 4.47. The molecule has 2 aliphatic rings. The summed E-state index contributed by atoms with van der Waals surface area (Å²) in [5.41, 5.74) is -2.23. The van der Waals surface area contributed by atoms with E-state index >= 15 is 0 Å². The summed E-state index contributed by atoms with van der Waals surface area (Å²) in [5, 5.41) is 0. The number of ether oxygens (including phenoxy) is 3. The molecule has 0 aromatic heterocycles. The quantitative estimate of drug-likeness (QED) is 0.547. The fourth-order valence-corrected chi connectivity index (χ4v) is 3.03. The lowest BCUT2D eigenvalue weighted by Gasteiger charge is -2.21. The Labute approximate surface area is 109 Å². The highest BCUT2D eigenvalue weighted by atomic mass is 19.1. The monoisotopic (exact) mass is 274 g/mol. The van der Waals surface area contributed by atoms with Crippen molar-refractivity contribution in [3.8, 4) is 0 Å². The number of hydrogen-bond acceptors (Lipinski definition) is 6. The predicted octanol–water partition coefficient (Wildman–Crippen LogP) is 0.381. The summed E-state index contributed by atoms with van der Waals surface area (Å²) in [7, 11) is 1.08. The maximum atomic E-state index is 14.5. The van der Waals surface area contributed by atoms with Gasteiger partial charge in [-0.05, 0) is 0 Å². The van der Waals surface area contributed by atoms with Gasteiger partial charge in [0.1, 0.15) is 12.2 Å². The van der Waals surface area contributed by atoms with Crippen molar-refractivity contribution in [1.29, 1.82) is 0 Å². The first kappa shape index (κ1) is 13.8. The largest absolute Gasteiger partial charge is 0.467 e. The Hall–Kier alpha value is -1.66. The molecule has 2 fully saturated rings. The fourth-order valence-electron chi connectivity index (χ4n) is 3.03. The zero-order chi connectivity index (χ0) is 14.4. The van der Waals surface area contributed by atoms with E-state index in [1.807, 2.05) is 0 Å². The zero-order valence-corrected chi connectivity index (χ0v) is 10.8. The van der Waals surface area contributed by atoms with E-state index in [-0.39, 0.29) is 6.42 Å². The van der Waals surface area contributed by atoms with Gasteiger partial charge in [0.25, 0.3) is 0 Å². The Bertz CT molecular complexity index is 406. The van der Waals surface area contributed by atoms with Gasteiger partial charge in [0.15, 0.2) is 0 Å². The van der Waals surface area contributed by atoms with Gasteiger partial charge in [-0.25, -0.2) is 9.18 Å². The van der Waals surface area contributed by atoms with Crippen LogP contribution in [-0.4, -0.2) is 42.9 Å². The minimum Gasteiger partial charge on any atom is -0.467 e. The molecule has 5 atom stereocenters. The number of methoxy groups -OCH3 is 1. The first-order chi connectivity index (χ1) is 8.82. The molecule has 0 aromatic carbocycles. The average Bonchev–Trinajstić information content (AvgIpc) is 2.77. The molecule has 0 heterocycles. The Balaban J connectivity index is 2.18. The smallest absolute Gasteiger partial charge is 0.344 e. The number of alkyl halides is 1. The number of carbonyl (C=O) groups excluding carboxylic acids is 3. The fraction of sp³-hybridized carbons (Fsp3) is 0.750. The molecule has 6 nitrogen and oxygen atoms in total. The topological polar surface area (TPSA) is 78.9 Å². The Morgan fingerprint density at radius 2 is 1.47 bits per heavy atom. The molecular formula is C12H15FO6. The van der Waals surface area contributed by atoms with Crippen LogP contribution in [0.1, 0.15) is 20.3 Å². The van der Waals surface area contributed by atoms with E-state index in [4.69, 9.17) is 9.47 Å². The maximum Gasteiger partial charge on any atom is 0.344 e. The second-order valence-corrected chi connectivity index (χ2v) is 4.84. The highest BCUT2D eigenvalue weighted by Crippen LogP contribution is 2.65. The number of carbonyl (C=O) groups is 3. The molecule has 1 unspecified atom stereocenters. The SMILES string of the molecule is COC(=O)C1(F)[C@@H]2[C@H]1[C@@H](OC(C)=O)C[C@H]2OC(C)=O. The Morgan fingerprint density at radius 1 is 1.05 bits per heavy atom. The van der Waals surface area contributed by atoms with Crippen LogP contribution in [0.15, 0.2) is 0 Å². The van der Waals surface area contributed by atoms with Crippen LogP contribution in [0.5, 0.6) is 0 Å². The number of rotatable bonds is 3. The Morgan fingerprint density at radius 3 is 1.79 bits per heavy atom. The van der Waals surface area contributed by atoms with Crippen molar-refractivity contribution in [2.45, 2.75) is 38.1 Å². The van der Waals surface area contributed by atoms with Crippen LogP contribution in [0.3, 0.4) is 0 Å². The summed E-state index contributed by atoms with van der Waals surface area (Å²) in [6.45, 7) is 2.41. The first-order valence-electron chi connectivity index (χ1n) is 5.94. The van der Waals surface area contributed by atoms with E-state index in [1.165, 1.54) is 13.8 Å². The molecule has 0 aliphatic heterocycles. The van der Waals surface area contributed by atoms with Crippen molar-refractivity contribution >= 4 is 17.9 Å². The first-order valence-corrected chi connectivity index (χ1v) is 5.94. The molecule has 106 valence electrons. The summed E-state index contributed by atoms with van der Waals surface area (Å²) >= 11 is 0. The van der Waals surface area contributed by atoms with Crippen molar-refractivity contribution in [1.82, 2.24) is 0 Å². The van der Waals surface area contributed by atoms with E-state index in [9.17, 15) is 18.8 Å². The minimum atomic E-state index is -2.23. The molecule has 0 bridgehead atoms. The van der Waals surface area contributed by atoms with E-state index < -0.39 is 47.6 Å². The van der Waals surface area contributed by atoms with Crippen molar-refractivity contribution in [2.75, 3.05) is 7.11 Å². The third-order valence-electron chi connectivity index (χ3n) is 3.65. The molecule has 0 spiro atoms. The highest BCUT2D eigenvalue weighted by Gasteiger charge is 2.82. The van der Waals surface area contributed by atoms with Gasteiger partial charge in [-0.15, -0.1) is 0 Å². The molecule has 2 saturated carbocycles. The summed E-state index contributed by atoms with van der Waals surface area (Å²) in [6, 6.07) is 0.